The molecule has 1 aromatic carbocycles. The molecule has 1 fully saturated rings. The van der Waals surface area contributed by atoms with E-state index in [-0.39, 0.29) is 17.6 Å². The summed E-state index contributed by atoms with van der Waals surface area (Å²) in [6, 6.07) is 4.57. The Balaban J connectivity index is 2.18. The molecule has 0 heterocycles. The summed E-state index contributed by atoms with van der Waals surface area (Å²) in [5, 5.41) is 17.0. The predicted octanol–water partition coefficient (Wildman–Crippen LogP) is 2.95. The Morgan fingerprint density at radius 2 is 2.19 bits per heavy atom. The van der Waals surface area contributed by atoms with Crippen LogP contribution in [0.4, 0.5) is 11.4 Å². The average Bonchev–Trinajstić information content (AvgIpc) is 3.22. The van der Waals surface area contributed by atoms with E-state index in [4.69, 9.17) is 0 Å². The first-order chi connectivity index (χ1) is 10.1. The number of rotatable bonds is 7. The topological polar surface area (TPSA) is 84.3 Å². The van der Waals surface area contributed by atoms with Gasteiger partial charge < -0.3 is 10.6 Å². The Bertz CT molecular complexity index is 545. The molecular weight excluding hydrogens is 270 g/mol. The molecule has 1 amide bonds. The minimum absolute atomic E-state index is 0.0648. The van der Waals surface area contributed by atoms with Gasteiger partial charge in [0.25, 0.3) is 11.6 Å². The minimum atomic E-state index is -0.480. The number of carbonyl (C=O) groups excluding carboxylic acids is 1. The number of benzene rings is 1. The SMILES string of the molecule is CCCNc1ccc([N+](=O)[O-])cc1C(=O)NC1CC1CC. The van der Waals surface area contributed by atoms with Gasteiger partial charge in [0.05, 0.1) is 10.5 Å². The van der Waals surface area contributed by atoms with Crippen LogP contribution in [0.5, 0.6) is 0 Å². The van der Waals surface area contributed by atoms with E-state index in [1.807, 2.05) is 6.92 Å². The van der Waals surface area contributed by atoms with Gasteiger partial charge in [-0.15, -0.1) is 0 Å². The van der Waals surface area contributed by atoms with Gasteiger partial charge in [-0.25, -0.2) is 0 Å². The van der Waals surface area contributed by atoms with Crippen LogP contribution in [0, 0.1) is 16.0 Å². The summed E-state index contributed by atoms with van der Waals surface area (Å²) in [4.78, 5) is 22.7. The van der Waals surface area contributed by atoms with Crippen LogP contribution in [0.2, 0.25) is 0 Å². The van der Waals surface area contributed by atoms with Crippen LogP contribution in [-0.2, 0) is 0 Å². The number of non-ortho nitro benzene ring substituents is 1. The van der Waals surface area contributed by atoms with Crippen molar-refractivity contribution in [2.24, 2.45) is 5.92 Å². The zero-order chi connectivity index (χ0) is 15.4. The third-order valence-corrected chi connectivity index (χ3v) is 3.79. The zero-order valence-corrected chi connectivity index (χ0v) is 12.4. The molecule has 2 rings (SSSR count). The summed E-state index contributed by atoms with van der Waals surface area (Å²) in [7, 11) is 0. The first-order valence-corrected chi connectivity index (χ1v) is 7.40. The standard InChI is InChI=1S/C15H21N3O3/c1-3-7-16-13-6-5-11(18(20)21)9-12(13)15(19)17-14-8-10(14)4-2/h5-6,9-10,14,16H,3-4,7-8H2,1-2H3,(H,17,19). The van der Waals surface area contributed by atoms with Gasteiger partial charge in [-0.2, -0.15) is 0 Å². The smallest absolute Gasteiger partial charge is 0.270 e. The van der Waals surface area contributed by atoms with E-state index in [9.17, 15) is 14.9 Å². The fourth-order valence-corrected chi connectivity index (χ4v) is 2.37. The number of nitro benzene ring substituents is 1. The van der Waals surface area contributed by atoms with Crippen LogP contribution in [0.15, 0.2) is 18.2 Å². The Morgan fingerprint density at radius 1 is 1.43 bits per heavy atom. The molecule has 2 unspecified atom stereocenters. The van der Waals surface area contributed by atoms with Gasteiger partial charge >= 0.3 is 0 Å². The Morgan fingerprint density at radius 3 is 2.76 bits per heavy atom. The van der Waals surface area contributed by atoms with E-state index in [1.165, 1.54) is 12.1 Å². The highest BCUT2D eigenvalue weighted by molar-refractivity contribution is 6.00. The third-order valence-electron chi connectivity index (χ3n) is 3.79. The molecule has 2 N–H and O–H groups in total. The zero-order valence-electron chi connectivity index (χ0n) is 12.4. The van der Waals surface area contributed by atoms with Gasteiger partial charge in [0.2, 0.25) is 0 Å². The largest absolute Gasteiger partial charge is 0.384 e. The van der Waals surface area contributed by atoms with Crippen LogP contribution in [0.3, 0.4) is 0 Å². The molecule has 21 heavy (non-hydrogen) atoms. The Hall–Kier alpha value is -2.11. The lowest BCUT2D eigenvalue weighted by atomic mass is 10.1. The summed E-state index contributed by atoms with van der Waals surface area (Å²) in [6.45, 7) is 4.84. The molecule has 1 saturated carbocycles. The third kappa shape index (κ3) is 3.71. The number of nitro groups is 1. The fourth-order valence-electron chi connectivity index (χ4n) is 2.37. The molecule has 1 aromatic rings. The number of nitrogens with zero attached hydrogens (tertiary/aromatic N) is 1. The Labute approximate surface area is 124 Å². The van der Waals surface area contributed by atoms with Gasteiger partial charge in [0, 0.05) is 30.4 Å². The van der Waals surface area contributed by atoms with Gasteiger partial charge in [-0.3, -0.25) is 14.9 Å². The quantitative estimate of drug-likeness (QED) is 0.597. The number of anilines is 1. The lowest BCUT2D eigenvalue weighted by Crippen LogP contribution is -2.27. The van der Waals surface area contributed by atoms with E-state index in [0.29, 0.717) is 17.2 Å². The minimum Gasteiger partial charge on any atom is -0.384 e. The van der Waals surface area contributed by atoms with Gasteiger partial charge in [-0.05, 0) is 24.8 Å². The summed E-state index contributed by atoms with van der Waals surface area (Å²) < 4.78 is 0. The molecule has 0 radical (unpaired) electrons. The van der Waals surface area contributed by atoms with E-state index >= 15 is 0 Å². The summed E-state index contributed by atoms with van der Waals surface area (Å²) in [5.41, 5.74) is 0.929. The molecule has 6 nitrogen and oxygen atoms in total. The second kappa shape index (κ2) is 6.56. The van der Waals surface area contributed by atoms with Gasteiger partial charge in [-0.1, -0.05) is 20.3 Å². The van der Waals surface area contributed by atoms with Crippen molar-refractivity contribution in [1.82, 2.24) is 5.32 Å². The van der Waals surface area contributed by atoms with Crippen LogP contribution < -0.4 is 10.6 Å². The van der Waals surface area contributed by atoms with Crippen LogP contribution >= 0.6 is 0 Å². The first-order valence-electron chi connectivity index (χ1n) is 7.40. The Kier molecular flexibility index (Phi) is 4.77. The van der Waals surface area contributed by atoms with Crippen molar-refractivity contribution >= 4 is 17.3 Å². The van der Waals surface area contributed by atoms with E-state index < -0.39 is 4.92 Å². The van der Waals surface area contributed by atoms with Gasteiger partial charge in [0.15, 0.2) is 0 Å². The highest BCUT2D eigenvalue weighted by atomic mass is 16.6. The molecule has 114 valence electrons. The maximum atomic E-state index is 12.3. The highest BCUT2D eigenvalue weighted by Gasteiger charge is 2.37. The summed E-state index contributed by atoms with van der Waals surface area (Å²) >= 11 is 0. The monoisotopic (exact) mass is 291 g/mol. The van der Waals surface area contributed by atoms with Crippen molar-refractivity contribution in [3.63, 3.8) is 0 Å². The van der Waals surface area contributed by atoms with E-state index in [2.05, 4.69) is 17.6 Å². The molecule has 0 saturated heterocycles. The summed E-state index contributed by atoms with van der Waals surface area (Å²) in [6.07, 6.45) is 2.95. The first kappa shape index (κ1) is 15.3. The molecule has 2 atom stereocenters. The molecule has 6 heteroatoms. The average molecular weight is 291 g/mol. The van der Waals surface area contributed by atoms with Crippen molar-refractivity contribution in [3.05, 3.63) is 33.9 Å². The number of hydrogen-bond donors (Lipinski definition) is 2. The van der Waals surface area contributed by atoms with Crippen molar-refractivity contribution in [2.45, 2.75) is 39.2 Å². The van der Waals surface area contributed by atoms with Crippen LogP contribution in [0.25, 0.3) is 0 Å². The number of amides is 1. The molecular formula is C15H21N3O3. The second-order valence-corrected chi connectivity index (χ2v) is 5.40. The molecule has 1 aliphatic carbocycles. The van der Waals surface area contributed by atoms with Crippen molar-refractivity contribution < 1.29 is 9.72 Å². The lowest BCUT2D eigenvalue weighted by Gasteiger charge is -2.11. The molecule has 1 aliphatic rings. The van der Waals surface area contributed by atoms with Crippen LogP contribution in [-0.4, -0.2) is 23.4 Å². The predicted molar refractivity (Wildman–Crippen MR) is 81.5 cm³/mol. The highest BCUT2D eigenvalue weighted by Crippen LogP contribution is 2.34. The molecule has 0 aliphatic heterocycles. The van der Waals surface area contributed by atoms with E-state index in [1.54, 1.807) is 6.07 Å². The van der Waals surface area contributed by atoms with Crippen LogP contribution in [0.1, 0.15) is 43.5 Å². The fraction of sp³-hybridized carbons (Fsp3) is 0.533. The lowest BCUT2D eigenvalue weighted by molar-refractivity contribution is -0.384. The normalized spacial score (nSPS) is 19.9. The number of hydrogen-bond acceptors (Lipinski definition) is 4. The number of carbonyl (C=O) groups is 1. The van der Waals surface area contributed by atoms with Crippen molar-refractivity contribution in [1.29, 1.82) is 0 Å². The van der Waals surface area contributed by atoms with Crippen molar-refractivity contribution in [3.8, 4) is 0 Å². The molecule has 0 aromatic heterocycles. The maximum absolute atomic E-state index is 12.3. The van der Waals surface area contributed by atoms with E-state index in [0.717, 1.165) is 25.8 Å². The summed E-state index contributed by atoms with van der Waals surface area (Å²) in [5.74, 6) is 0.304. The second-order valence-electron chi connectivity index (χ2n) is 5.40. The maximum Gasteiger partial charge on any atom is 0.270 e. The molecule has 0 bridgehead atoms. The van der Waals surface area contributed by atoms with Gasteiger partial charge in [0.1, 0.15) is 0 Å². The number of nitrogens with one attached hydrogen (secondary N) is 2. The molecule has 0 spiro atoms. The van der Waals surface area contributed by atoms with Crippen molar-refractivity contribution in [2.75, 3.05) is 11.9 Å².